The van der Waals surface area contributed by atoms with Gasteiger partial charge in [0.05, 0.1) is 13.0 Å². The summed E-state index contributed by atoms with van der Waals surface area (Å²) in [5.41, 5.74) is 0. The Morgan fingerprint density at radius 1 is 1.50 bits per heavy atom. The fourth-order valence-corrected chi connectivity index (χ4v) is 3.27. The summed E-state index contributed by atoms with van der Waals surface area (Å²) < 4.78 is 0. The van der Waals surface area contributed by atoms with Crippen LogP contribution in [0, 0.1) is 0 Å². The summed E-state index contributed by atoms with van der Waals surface area (Å²) in [7, 11) is 0. The summed E-state index contributed by atoms with van der Waals surface area (Å²) in [5.74, 6) is -0.807. The largest absolute Gasteiger partial charge is 0.481 e. The molecule has 2 N–H and O–H groups in total. The van der Waals surface area contributed by atoms with Gasteiger partial charge in [0.15, 0.2) is 0 Å². The summed E-state index contributed by atoms with van der Waals surface area (Å²) in [6.07, 6.45) is 2.82. The van der Waals surface area contributed by atoms with Gasteiger partial charge < -0.3 is 10.4 Å². The molecule has 1 aliphatic heterocycles. The molecule has 1 saturated heterocycles. The number of carbonyl (C=O) groups is 2. The number of amides is 1. The van der Waals surface area contributed by atoms with Crippen molar-refractivity contribution in [2.45, 2.75) is 31.7 Å². The van der Waals surface area contributed by atoms with Gasteiger partial charge in [0, 0.05) is 17.5 Å². The number of carboxylic acid groups (broad SMARTS) is 1. The minimum atomic E-state index is -0.792. The van der Waals surface area contributed by atoms with E-state index in [0.29, 0.717) is 13.1 Å². The molecule has 1 amide bonds. The molecule has 110 valence electrons. The molecule has 0 aliphatic carbocycles. The molecule has 1 aromatic heterocycles. The van der Waals surface area contributed by atoms with Crippen LogP contribution in [-0.2, 0) is 16.0 Å². The van der Waals surface area contributed by atoms with Crippen LogP contribution in [0.15, 0.2) is 17.5 Å². The van der Waals surface area contributed by atoms with Crippen molar-refractivity contribution in [3.63, 3.8) is 0 Å². The predicted molar refractivity (Wildman–Crippen MR) is 77.9 cm³/mol. The topological polar surface area (TPSA) is 69.6 Å². The van der Waals surface area contributed by atoms with Gasteiger partial charge in [0.1, 0.15) is 0 Å². The maximum absolute atomic E-state index is 11.9. The van der Waals surface area contributed by atoms with Crippen molar-refractivity contribution in [3.8, 4) is 0 Å². The summed E-state index contributed by atoms with van der Waals surface area (Å²) in [4.78, 5) is 25.9. The van der Waals surface area contributed by atoms with E-state index in [-0.39, 0.29) is 18.4 Å². The van der Waals surface area contributed by atoms with Crippen LogP contribution in [0.3, 0.4) is 0 Å². The molecule has 0 radical (unpaired) electrons. The Morgan fingerprint density at radius 2 is 2.35 bits per heavy atom. The molecular weight excluding hydrogens is 276 g/mol. The lowest BCUT2D eigenvalue weighted by atomic mass is 10.1. The van der Waals surface area contributed by atoms with E-state index in [1.807, 2.05) is 16.3 Å². The Balaban J connectivity index is 1.69. The standard InChI is InChI=1S/C14H20N2O3S/c17-13(15-6-5-12-4-2-8-20-12)10-16-7-1-3-11(16)9-14(18)19/h2,4,8,11H,1,3,5-7,9-10H2,(H,15,17)(H,18,19). The lowest BCUT2D eigenvalue weighted by Gasteiger charge is -2.22. The highest BCUT2D eigenvalue weighted by Gasteiger charge is 2.27. The van der Waals surface area contributed by atoms with E-state index in [0.717, 1.165) is 25.8 Å². The van der Waals surface area contributed by atoms with Crippen LogP contribution >= 0.6 is 11.3 Å². The predicted octanol–water partition coefficient (Wildman–Crippen LogP) is 1.35. The average molecular weight is 296 g/mol. The second-order valence-electron chi connectivity index (χ2n) is 5.04. The first-order chi connectivity index (χ1) is 9.65. The van der Waals surface area contributed by atoms with Crippen LogP contribution in [0.4, 0.5) is 0 Å². The highest BCUT2D eigenvalue weighted by molar-refractivity contribution is 7.09. The Morgan fingerprint density at radius 3 is 3.05 bits per heavy atom. The van der Waals surface area contributed by atoms with E-state index in [4.69, 9.17) is 5.11 Å². The summed E-state index contributed by atoms with van der Waals surface area (Å²) in [6, 6.07) is 4.07. The van der Waals surface area contributed by atoms with Crippen LogP contribution in [0.5, 0.6) is 0 Å². The number of nitrogens with one attached hydrogen (secondary N) is 1. The van der Waals surface area contributed by atoms with Gasteiger partial charge in [-0.3, -0.25) is 14.5 Å². The van der Waals surface area contributed by atoms with Crippen LogP contribution in [0.1, 0.15) is 24.1 Å². The Bertz CT molecular complexity index is 447. The monoisotopic (exact) mass is 296 g/mol. The lowest BCUT2D eigenvalue weighted by Crippen LogP contribution is -2.41. The van der Waals surface area contributed by atoms with Crippen molar-refractivity contribution < 1.29 is 14.7 Å². The second-order valence-corrected chi connectivity index (χ2v) is 6.08. The zero-order valence-electron chi connectivity index (χ0n) is 11.4. The van der Waals surface area contributed by atoms with Gasteiger partial charge in [-0.1, -0.05) is 6.07 Å². The molecule has 2 rings (SSSR count). The third-order valence-corrected chi connectivity index (χ3v) is 4.47. The number of carbonyl (C=O) groups excluding carboxylic acids is 1. The van der Waals surface area contributed by atoms with Crippen LogP contribution in [-0.4, -0.2) is 47.6 Å². The third-order valence-electron chi connectivity index (χ3n) is 3.53. The van der Waals surface area contributed by atoms with Crippen molar-refractivity contribution in [2.24, 2.45) is 0 Å². The molecule has 0 saturated carbocycles. The van der Waals surface area contributed by atoms with Gasteiger partial charge in [-0.15, -0.1) is 11.3 Å². The number of carboxylic acids is 1. The molecule has 6 heteroatoms. The number of thiophene rings is 1. The summed E-state index contributed by atoms with van der Waals surface area (Å²) >= 11 is 1.69. The number of aliphatic carboxylic acids is 1. The molecule has 1 aromatic rings. The molecule has 5 nitrogen and oxygen atoms in total. The first kappa shape index (κ1) is 15.0. The van der Waals surface area contributed by atoms with Gasteiger partial charge in [0.25, 0.3) is 0 Å². The number of likely N-dealkylation sites (tertiary alicyclic amines) is 1. The number of rotatable bonds is 7. The van der Waals surface area contributed by atoms with E-state index >= 15 is 0 Å². The van der Waals surface area contributed by atoms with Crippen LogP contribution < -0.4 is 5.32 Å². The van der Waals surface area contributed by atoms with Crippen molar-refractivity contribution in [1.29, 1.82) is 0 Å². The summed E-state index contributed by atoms with van der Waals surface area (Å²) in [5, 5.41) is 13.8. The molecule has 1 aliphatic rings. The zero-order chi connectivity index (χ0) is 14.4. The molecule has 1 fully saturated rings. The van der Waals surface area contributed by atoms with Crippen LogP contribution in [0.25, 0.3) is 0 Å². The smallest absolute Gasteiger partial charge is 0.304 e. The van der Waals surface area contributed by atoms with Crippen molar-refractivity contribution in [3.05, 3.63) is 22.4 Å². The number of nitrogens with zero attached hydrogens (tertiary/aromatic N) is 1. The Hall–Kier alpha value is -1.40. The van der Waals surface area contributed by atoms with E-state index in [1.165, 1.54) is 4.88 Å². The van der Waals surface area contributed by atoms with Gasteiger partial charge >= 0.3 is 5.97 Å². The van der Waals surface area contributed by atoms with Gasteiger partial charge in [-0.2, -0.15) is 0 Å². The highest BCUT2D eigenvalue weighted by atomic mass is 32.1. The van der Waals surface area contributed by atoms with Crippen molar-refractivity contribution in [2.75, 3.05) is 19.6 Å². The quantitative estimate of drug-likeness (QED) is 0.797. The molecule has 1 unspecified atom stereocenters. The van der Waals surface area contributed by atoms with Crippen molar-refractivity contribution >= 4 is 23.2 Å². The molecular formula is C14H20N2O3S. The molecule has 0 aromatic carbocycles. The van der Waals surface area contributed by atoms with E-state index < -0.39 is 5.97 Å². The Kier molecular flexibility index (Phi) is 5.55. The minimum Gasteiger partial charge on any atom is -0.481 e. The maximum atomic E-state index is 11.9. The lowest BCUT2D eigenvalue weighted by molar-refractivity contribution is -0.138. The molecule has 1 atom stereocenters. The Labute approximate surface area is 122 Å². The fourth-order valence-electron chi connectivity index (χ4n) is 2.56. The zero-order valence-corrected chi connectivity index (χ0v) is 12.2. The molecule has 2 heterocycles. The first-order valence-electron chi connectivity index (χ1n) is 6.90. The van der Waals surface area contributed by atoms with E-state index in [2.05, 4.69) is 11.4 Å². The first-order valence-corrected chi connectivity index (χ1v) is 7.78. The highest BCUT2D eigenvalue weighted by Crippen LogP contribution is 2.19. The molecule has 0 bridgehead atoms. The van der Waals surface area contributed by atoms with Gasteiger partial charge in [0.2, 0.25) is 5.91 Å². The SMILES string of the molecule is O=C(O)CC1CCCN1CC(=O)NCCc1cccs1. The van der Waals surface area contributed by atoms with E-state index in [9.17, 15) is 9.59 Å². The summed E-state index contributed by atoms with van der Waals surface area (Å²) in [6.45, 7) is 1.76. The third kappa shape index (κ3) is 4.61. The van der Waals surface area contributed by atoms with Gasteiger partial charge in [-0.25, -0.2) is 0 Å². The average Bonchev–Trinajstić information content (AvgIpc) is 3.01. The molecule has 0 spiro atoms. The molecule has 20 heavy (non-hydrogen) atoms. The number of hydrogen-bond donors (Lipinski definition) is 2. The van der Waals surface area contributed by atoms with E-state index in [1.54, 1.807) is 11.3 Å². The van der Waals surface area contributed by atoms with Gasteiger partial charge in [-0.05, 0) is 37.3 Å². The second kappa shape index (κ2) is 7.40. The van der Waals surface area contributed by atoms with Crippen molar-refractivity contribution in [1.82, 2.24) is 10.2 Å². The normalized spacial score (nSPS) is 19.1. The maximum Gasteiger partial charge on any atom is 0.304 e. The van der Waals surface area contributed by atoms with Crippen LogP contribution in [0.2, 0.25) is 0 Å². The fraction of sp³-hybridized carbons (Fsp3) is 0.571. The number of hydrogen-bond acceptors (Lipinski definition) is 4. The minimum absolute atomic E-state index is 0.00976.